The van der Waals surface area contributed by atoms with Crippen LogP contribution in [0.15, 0.2) is 30.3 Å². The van der Waals surface area contributed by atoms with Crippen LogP contribution in [0.3, 0.4) is 0 Å². The molecule has 0 fully saturated rings. The molecule has 0 aliphatic heterocycles. The summed E-state index contributed by atoms with van der Waals surface area (Å²) in [6, 6.07) is 7.64. The largest absolute Gasteiger partial charge is 0.480 e. The molecular formula is C13H15NO4S. The Bertz CT molecular complexity index is 475. The minimum atomic E-state index is -1.11. The molecule has 0 aliphatic carbocycles. The highest BCUT2D eigenvalue weighted by Crippen LogP contribution is 2.17. The van der Waals surface area contributed by atoms with Gasteiger partial charge in [0.1, 0.15) is 6.04 Å². The van der Waals surface area contributed by atoms with E-state index in [9.17, 15) is 14.4 Å². The third-order valence-corrected chi connectivity index (χ3v) is 3.41. The number of benzene rings is 1. The number of thioether (sulfide) groups is 1. The van der Waals surface area contributed by atoms with E-state index in [2.05, 4.69) is 5.32 Å². The maximum atomic E-state index is 11.8. The molecule has 1 amide bonds. The van der Waals surface area contributed by atoms with Crippen molar-refractivity contribution in [2.24, 2.45) is 0 Å². The fourth-order valence-corrected chi connectivity index (χ4v) is 2.02. The van der Waals surface area contributed by atoms with Gasteiger partial charge in [-0.3, -0.25) is 14.4 Å². The summed E-state index contributed by atoms with van der Waals surface area (Å²) in [4.78, 5) is 34.1. The topological polar surface area (TPSA) is 83.5 Å². The van der Waals surface area contributed by atoms with Crippen LogP contribution in [0.5, 0.6) is 0 Å². The Morgan fingerprint density at radius 2 is 1.74 bits per heavy atom. The van der Waals surface area contributed by atoms with E-state index in [4.69, 9.17) is 5.11 Å². The molecule has 0 aromatic heterocycles. The predicted molar refractivity (Wildman–Crippen MR) is 73.1 cm³/mol. The first-order valence-corrected chi connectivity index (χ1v) is 6.59. The molecule has 2 N–H and O–H groups in total. The molecular weight excluding hydrogens is 266 g/mol. The van der Waals surface area contributed by atoms with Crippen molar-refractivity contribution in [3.8, 4) is 0 Å². The summed E-state index contributed by atoms with van der Waals surface area (Å²) in [5.41, 5.74) is 0.512. The van der Waals surface area contributed by atoms with Crippen molar-refractivity contribution in [1.29, 1.82) is 0 Å². The second-order valence-electron chi connectivity index (χ2n) is 3.98. The molecule has 1 unspecified atom stereocenters. The molecule has 0 bridgehead atoms. The van der Waals surface area contributed by atoms with Gasteiger partial charge in [-0.15, -0.1) is 0 Å². The number of carbonyl (C=O) groups excluding carboxylic acids is 2. The lowest BCUT2D eigenvalue weighted by Crippen LogP contribution is -2.42. The van der Waals surface area contributed by atoms with Crippen LogP contribution in [0.4, 0.5) is 0 Å². The molecule has 0 saturated heterocycles. The summed E-state index contributed by atoms with van der Waals surface area (Å²) < 4.78 is 0. The molecule has 2 atom stereocenters. The Morgan fingerprint density at radius 3 is 2.26 bits per heavy atom. The van der Waals surface area contributed by atoms with Gasteiger partial charge in [0.15, 0.2) is 0 Å². The van der Waals surface area contributed by atoms with Crippen LogP contribution in [0.1, 0.15) is 24.2 Å². The van der Waals surface area contributed by atoms with Gasteiger partial charge in [-0.25, -0.2) is 0 Å². The lowest BCUT2D eigenvalue weighted by molar-refractivity contribution is -0.141. The van der Waals surface area contributed by atoms with E-state index < -0.39 is 23.2 Å². The number of aliphatic carboxylic acids is 1. The molecule has 0 saturated carbocycles. The lowest BCUT2D eigenvalue weighted by atomic mass is 10.2. The summed E-state index contributed by atoms with van der Waals surface area (Å²) in [6.45, 7) is 2.94. The first-order valence-electron chi connectivity index (χ1n) is 5.71. The number of carbonyl (C=O) groups is 3. The molecule has 0 aliphatic rings. The molecule has 5 nitrogen and oxygen atoms in total. The van der Waals surface area contributed by atoms with Crippen LogP contribution in [0.2, 0.25) is 0 Å². The summed E-state index contributed by atoms with van der Waals surface area (Å²) in [6.07, 6.45) is 0. The maximum Gasteiger partial charge on any atom is 0.325 e. The molecule has 0 spiro atoms. The predicted octanol–water partition coefficient (Wildman–Crippen LogP) is 1.54. The van der Waals surface area contributed by atoms with Gasteiger partial charge in [0.2, 0.25) is 11.0 Å². The van der Waals surface area contributed by atoms with Gasteiger partial charge in [0, 0.05) is 5.56 Å². The van der Waals surface area contributed by atoms with Gasteiger partial charge in [-0.05, 0) is 13.8 Å². The molecule has 1 aromatic carbocycles. The summed E-state index contributed by atoms with van der Waals surface area (Å²) in [7, 11) is 0. The zero-order chi connectivity index (χ0) is 14.4. The van der Waals surface area contributed by atoms with Gasteiger partial charge in [0.25, 0.3) is 0 Å². The van der Waals surface area contributed by atoms with Gasteiger partial charge < -0.3 is 10.4 Å². The Labute approximate surface area is 115 Å². The van der Waals surface area contributed by atoms with Crippen molar-refractivity contribution in [2.45, 2.75) is 25.1 Å². The highest BCUT2D eigenvalue weighted by molar-refractivity contribution is 8.15. The van der Waals surface area contributed by atoms with Crippen LogP contribution >= 0.6 is 11.8 Å². The highest BCUT2D eigenvalue weighted by atomic mass is 32.2. The van der Waals surface area contributed by atoms with Crippen molar-refractivity contribution >= 4 is 28.8 Å². The number of carboxylic acid groups (broad SMARTS) is 1. The van der Waals surface area contributed by atoms with E-state index in [-0.39, 0.29) is 5.12 Å². The second-order valence-corrected chi connectivity index (χ2v) is 5.30. The van der Waals surface area contributed by atoms with Gasteiger partial charge in [-0.1, -0.05) is 42.1 Å². The fraction of sp³-hybridized carbons (Fsp3) is 0.308. The Kier molecular flexibility index (Phi) is 5.57. The molecule has 0 heterocycles. The Hall–Kier alpha value is -1.82. The van der Waals surface area contributed by atoms with Gasteiger partial charge >= 0.3 is 5.97 Å². The average molecular weight is 281 g/mol. The number of nitrogens with one attached hydrogen (secondary N) is 1. The van der Waals surface area contributed by atoms with E-state index in [0.29, 0.717) is 5.56 Å². The third-order valence-electron chi connectivity index (χ3n) is 2.39. The number of rotatable bonds is 5. The molecule has 6 heteroatoms. The monoisotopic (exact) mass is 281 g/mol. The van der Waals surface area contributed by atoms with Crippen molar-refractivity contribution in [3.63, 3.8) is 0 Å². The van der Waals surface area contributed by atoms with Crippen LogP contribution in [-0.2, 0) is 9.59 Å². The van der Waals surface area contributed by atoms with Crippen molar-refractivity contribution in [2.75, 3.05) is 0 Å². The van der Waals surface area contributed by atoms with E-state index >= 15 is 0 Å². The number of hydrogen-bond donors (Lipinski definition) is 2. The van der Waals surface area contributed by atoms with E-state index in [1.165, 1.54) is 6.92 Å². The summed E-state index contributed by atoms with van der Waals surface area (Å²) >= 11 is 0.871. The van der Waals surface area contributed by atoms with Crippen LogP contribution < -0.4 is 5.32 Å². The summed E-state index contributed by atoms with van der Waals surface area (Å²) in [5, 5.41) is 10.1. The highest BCUT2D eigenvalue weighted by Gasteiger charge is 2.22. The zero-order valence-corrected chi connectivity index (χ0v) is 11.4. The third kappa shape index (κ3) is 4.75. The number of amides is 1. The standard InChI is InChI=1S/C13H15NO4S/c1-8(12(16)17)14-11(15)9(2)19-13(18)10-6-4-3-5-7-10/h3-9H,1-2H3,(H,14,15)(H,16,17)/t8-,9?/m0/s1. The average Bonchev–Trinajstić information content (AvgIpc) is 2.39. The SMILES string of the molecule is CC(SC(=O)c1ccccc1)C(=O)N[C@@H](C)C(=O)O. The first kappa shape index (κ1) is 15.2. The molecule has 102 valence electrons. The van der Waals surface area contributed by atoms with E-state index in [1.807, 2.05) is 0 Å². The van der Waals surface area contributed by atoms with Crippen molar-refractivity contribution in [1.82, 2.24) is 5.32 Å². The van der Waals surface area contributed by atoms with Crippen LogP contribution in [0, 0.1) is 0 Å². The smallest absolute Gasteiger partial charge is 0.325 e. The molecule has 1 aromatic rings. The van der Waals surface area contributed by atoms with E-state index in [0.717, 1.165) is 11.8 Å². The van der Waals surface area contributed by atoms with Crippen LogP contribution in [-0.4, -0.2) is 33.4 Å². The van der Waals surface area contributed by atoms with Crippen molar-refractivity contribution < 1.29 is 19.5 Å². The van der Waals surface area contributed by atoms with Crippen molar-refractivity contribution in [3.05, 3.63) is 35.9 Å². The molecule has 19 heavy (non-hydrogen) atoms. The van der Waals surface area contributed by atoms with Crippen LogP contribution in [0.25, 0.3) is 0 Å². The zero-order valence-electron chi connectivity index (χ0n) is 10.6. The number of hydrogen-bond acceptors (Lipinski definition) is 4. The second kappa shape index (κ2) is 6.94. The Morgan fingerprint density at radius 1 is 1.16 bits per heavy atom. The minimum absolute atomic E-state index is 0.216. The maximum absolute atomic E-state index is 11.8. The molecule has 0 radical (unpaired) electrons. The minimum Gasteiger partial charge on any atom is -0.480 e. The van der Waals surface area contributed by atoms with Gasteiger partial charge in [0.05, 0.1) is 5.25 Å². The number of carboxylic acids is 1. The van der Waals surface area contributed by atoms with E-state index in [1.54, 1.807) is 37.3 Å². The lowest BCUT2D eigenvalue weighted by Gasteiger charge is -2.13. The summed E-state index contributed by atoms with van der Waals surface area (Å²) in [5.74, 6) is -1.58. The quantitative estimate of drug-likeness (QED) is 0.855. The Balaban J connectivity index is 2.55. The van der Waals surface area contributed by atoms with Gasteiger partial charge in [-0.2, -0.15) is 0 Å². The molecule has 1 rings (SSSR count). The fourth-order valence-electron chi connectivity index (χ4n) is 1.25. The first-order chi connectivity index (χ1) is 8.91. The normalized spacial score (nSPS) is 13.4.